The molecule has 3 aromatic rings. The maximum absolute atomic E-state index is 12.5. The summed E-state index contributed by atoms with van der Waals surface area (Å²) in [4.78, 5) is 25.7. The first kappa shape index (κ1) is 20.4. The van der Waals surface area contributed by atoms with Crippen LogP contribution in [0.15, 0.2) is 48.5 Å². The van der Waals surface area contributed by atoms with Gasteiger partial charge in [0, 0.05) is 23.2 Å². The molecule has 29 heavy (non-hydrogen) atoms. The zero-order chi connectivity index (χ0) is 20.6. The summed E-state index contributed by atoms with van der Waals surface area (Å²) in [6.07, 6.45) is 3.52. The van der Waals surface area contributed by atoms with Crippen LogP contribution in [0.25, 0.3) is 11.4 Å². The predicted octanol–water partition coefficient (Wildman–Crippen LogP) is 4.05. The van der Waals surface area contributed by atoms with Crippen LogP contribution in [0, 0.1) is 6.92 Å². The van der Waals surface area contributed by atoms with Gasteiger partial charge in [0.05, 0.1) is 0 Å². The summed E-state index contributed by atoms with van der Waals surface area (Å²) >= 11 is 0. The van der Waals surface area contributed by atoms with Crippen molar-refractivity contribution in [1.82, 2.24) is 20.2 Å². The second-order valence-electron chi connectivity index (χ2n) is 7.02. The molecule has 0 aliphatic heterocycles. The molecule has 7 heteroatoms. The Bertz CT molecular complexity index is 962. The number of nitrogens with zero attached hydrogens (tertiary/aromatic N) is 4. The summed E-state index contributed by atoms with van der Waals surface area (Å²) in [6, 6.07) is 14.7. The molecular weight excluding hydrogens is 366 g/mol. The van der Waals surface area contributed by atoms with E-state index >= 15 is 0 Å². The number of hydrogen-bond acceptors (Lipinski definition) is 5. The van der Waals surface area contributed by atoms with Gasteiger partial charge in [-0.1, -0.05) is 49.6 Å². The van der Waals surface area contributed by atoms with Crippen molar-refractivity contribution in [3.05, 3.63) is 59.7 Å². The number of ketones is 1. The van der Waals surface area contributed by atoms with Gasteiger partial charge in [0.2, 0.25) is 11.7 Å². The van der Waals surface area contributed by atoms with Crippen molar-refractivity contribution in [3.8, 4) is 11.4 Å². The van der Waals surface area contributed by atoms with Crippen molar-refractivity contribution in [2.75, 3.05) is 5.32 Å². The number of amides is 1. The van der Waals surface area contributed by atoms with Gasteiger partial charge in [-0.15, -0.1) is 10.2 Å². The molecule has 0 bridgehead atoms. The van der Waals surface area contributed by atoms with Crippen LogP contribution in [-0.2, 0) is 11.3 Å². The van der Waals surface area contributed by atoms with Gasteiger partial charge in [-0.3, -0.25) is 9.59 Å². The lowest BCUT2D eigenvalue weighted by atomic mass is 10.1. The smallest absolute Gasteiger partial charge is 0.224 e. The summed E-state index contributed by atoms with van der Waals surface area (Å²) in [7, 11) is 0. The third-order valence-electron chi connectivity index (χ3n) is 4.55. The number of aromatic nitrogens is 4. The normalized spacial score (nSPS) is 10.7. The van der Waals surface area contributed by atoms with Crippen molar-refractivity contribution >= 4 is 17.4 Å². The predicted molar refractivity (Wildman–Crippen MR) is 112 cm³/mol. The molecule has 0 unspecified atom stereocenters. The molecule has 150 valence electrons. The molecule has 0 saturated heterocycles. The minimum absolute atomic E-state index is 0.00157. The zero-order valence-electron chi connectivity index (χ0n) is 16.8. The van der Waals surface area contributed by atoms with E-state index in [1.165, 1.54) is 4.80 Å². The number of tetrazole rings is 1. The highest BCUT2D eigenvalue weighted by atomic mass is 16.1. The van der Waals surface area contributed by atoms with Crippen molar-refractivity contribution in [2.24, 2.45) is 0 Å². The summed E-state index contributed by atoms with van der Waals surface area (Å²) < 4.78 is 0. The lowest BCUT2D eigenvalue weighted by molar-refractivity contribution is -0.116. The molecule has 3 rings (SSSR count). The molecule has 0 aliphatic carbocycles. The number of aryl methyl sites for hydroxylation is 1. The number of unbranched alkanes of at least 4 members (excludes halogenated alkanes) is 2. The van der Waals surface area contributed by atoms with Crippen molar-refractivity contribution in [1.29, 1.82) is 0 Å². The number of hydrogen-bond donors (Lipinski definition) is 1. The van der Waals surface area contributed by atoms with Crippen molar-refractivity contribution in [3.63, 3.8) is 0 Å². The molecule has 0 saturated carbocycles. The highest BCUT2D eigenvalue weighted by molar-refractivity contribution is 5.97. The molecule has 2 aromatic carbocycles. The molecule has 0 aliphatic rings. The van der Waals surface area contributed by atoms with Crippen molar-refractivity contribution < 1.29 is 9.59 Å². The van der Waals surface area contributed by atoms with E-state index in [-0.39, 0.29) is 18.2 Å². The molecule has 7 nitrogen and oxygen atoms in total. The average Bonchev–Trinajstić information content (AvgIpc) is 3.17. The number of anilines is 1. The van der Waals surface area contributed by atoms with E-state index in [9.17, 15) is 9.59 Å². The van der Waals surface area contributed by atoms with Gasteiger partial charge >= 0.3 is 0 Å². The van der Waals surface area contributed by atoms with Gasteiger partial charge in [0.25, 0.3) is 0 Å². The van der Waals surface area contributed by atoms with E-state index in [4.69, 9.17) is 0 Å². The van der Waals surface area contributed by atoms with E-state index < -0.39 is 0 Å². The van der Waals surface area contributed by atoms with Gasteiger partial charge in [-0.25, -0.2) is 0 Å². The van der Waals surface area contributed by atoms with Crippen LogP contribution < -0.4 is 5.32 Å². The van der Waals surface area contributed by atoms with Crippen LogP contribution in [0.3, 0.4) is 0 Å². The number of nitrogens with one attached hydrogen (secondary N) is 1. The van der Waals surface area contributed by atoms with Crippen molar-refractivity contribution in [2.45, 2.75) is 46.1 Å². The lowest BCUT2D eigenvalue weighted by Crippen LogP contribution is -2.14. The maximum atomic E-state index is 12.5. The van der Waals surface area contributed by atoms with Crippen LogP contribution in [0.4, 0.5) is 5.69 Å². The number of rotatable bonds is 9. The number of Topliss-reactive ketones (excluding diaryl/α,β-unsaturated/α-hetero) is 1. The summed E-state index contributed by atoms with van der Waals surface area (Å²) in [5.41, 5.74) is 3.22. The standard InChI is InChI=1S/C22H25N5O2/c1-3-4-5-6-21(29)23-19-13-11-17(12-14-19)20(28)15-27-25-22(24-26-27)18-9-7-16(2)8-10-18/h7-14H,3-6,15H2,1-2H3,(H,23,29). The lowest BCUT2D eigenvalue weighted by Gasteiger charge is -2.06. The van der Waals surface area contributed by atoms with Gasteiger partial charge in [-0.2, -0.15) is 4.80 Å². The quantitative estimate of drug-likeness (QED) is 0.439. The van der Waals surface area contributed by atoms with E-state index in [1.54, 1.807) is 24.3 Å². The SMILES string of the molecule is CCCCCC(=O)Nc1ccc(C(=O)Cn2nnc(-c3ccc(C)cc3)n2)cc1. The molecule has 1 amide bonds. The largest absolute Gasteiger partial charge is 0.326 e. The van der Waals surface area contributed by atoms with Crippen LogP contribution in [0.1, 0.15) is 48.5 Å². The first-order valence-electron chi connectivity index (χ1n) is 9.83. The molecular formula is C22H25N5O2. The third-order valence-corrected chi connectivity index (χ3v) is 4.55. The van der Waals surface area contributed by atoms with Gasteiger partial charge in [-0.05, 0) is 42.8 Å². The molecule has 1 N–H and O–H groups in total. The van der Waals surface area contributed by atoms with Crippen LogP contribution in [-0.4, -0.2) is 31.9 Å². The Labute approximate surface area is 170 Å². The van der Waals surface area contributed by atoms with E-state index in [2.05, 4.69) is 27.7 Å². The second kappa shape index (κ2) is 9.73. The summed E-state index contributed by atoms with van der Waals surface area (Å²) in [5.74, 6) is 0.352. The summed E-state index contributed by atoms with van der Waals surface area (Å²) in [5, 5.41) is 15.1. The topological polar surface area (TPSA) is 89.8 Å². The minimum atomic E-state index is -0.126. The van der Waals surface area contributed by atoms with Crippen LogP contribution in [0.5, 0.6) is 0 Å². The Balaban J connectivity index is 1.57. The molecule has 0 fully saturated rings. The Morgan fingerprint density at radius 3 is 2.41 bits per heavy atom. The Morgan fingerprint density at radius 2 is 1.72 bits per heavy atom. The Hall–Kier alpha value is -3.35. The average molecular weight is 391 g/mol. The highest BCUT2D eigenvalue weighted by Crippen LogP contribution is 2.15. The molecule has 0 spiro atoms. The third kappa shape index (κ3) is 5.81. The monoisotopic (exact) mass is 391 g/mol. The number of carbonyl (C=O) groups is 2. The van der Waals surface area contributed by atoms with Gasteiger partial charge in [0.1, 0.15) is 6.54 Å². The Kier molecular flexibility index (Phi) is 6.84. The van der Waals surface area contributed by atoms with Crippen LogP contribution in [0.2, 0.25) is 0 Å². The first-order chi connectivity index (χ1) is 14.0. The second-order valence-corrected chi connectivity index (χ2v) is 7.02. The van der Waals surface area contributed by atoms with Gasteiger partial charge in [0.15, 0.2) is 5.78 Å². The fraction of sp³-hybridized carbons (Fsp3) is 0.318. The summed E-state index contributed by atoms with van der Waals surface area (Å²) in [6.45, 7) is 4.11. The molecule has 1 aromatic heterocycles. The van der Waals surface area contributed by atoms with E-state index in [0.717, 1.165) is 30.4 Å². The number of benzene rings is 2. The Morgan fingerprint density at radius 1 is 1.00 bits per heavy atom. The minimum Gasteiger partial charge on any atom is -0.326 e. The van der Waals surface area contributed by atoms with Gasteiger partial charge < -0.3 is 5.32 Å². The fourth-order valence-electron chi connectivity index (χ4n) is 2.85. The molecule has 0 radical (unpaired) electrons. The molecule has 1 heterocycles. The highest BCUT2D eigenvalue weighted by Gasteiger charge is 2.12. The van der Waals surface area contributed by atoms with E-state index in [1.807, 2.05) is 31.2 Å². The maximum Gasteiger partial charge on any atom is 0.224 e. The number of carbonyl (C=O) groups excluding carboxylic acids is 2. The molecule has 0 atom stereocenters. The zero-order valence-corrected chi connectivity index (χ0v) is 16.8. The van der Waals surface area contributed by atoms with Crippen LogP contribution >= 0.6 is 0 Å². The van der Waals surface area contributed by atoms with E-state index in [0.29, 0.717) is 23.5 Å². The fourth-order valence-corrected chi connectivity index (χ4v) is 2.85. The first-order valence-corrected chi connectivity index (χ1v) is 9.83.